The van der Waals surface area contributed by atoms with E-state index < -0.39 is 21.0 Å². The molecule has 4 nitrogen and oxygen atoms in total. The summed E-state index contributed by atoms with van der Waals surface area (Å²) in [5.74, 6) is 0. The van der Waals surface area contributed by atoms with Crippen molar-refractivity contribution in [1.29, 1.82) is 0 Å². The zero-order valence-corrected chi connectivity index (χ0v) is 18.3. The molecule has 0 fully saturated rings. The highest BCUT2D eigenvalue weighted by molar-refractivity contribution is 8.32. The summed E-state index contributed by atoms with van der Waals surface area (Å²) in [4.78, 5) is 14.2. The van der Waals surface area contributed by atoms with Gasteiger partial charge in [-0.3, -0.25) is 4.98 Å². The molecule has 0 radical (unpaired) electrons. The average molecular weight is 396 g/mol. The van der Waals surface area contributed by atoms with Gasteiger partial charge >= 0.3 is 0 Å². The van der Waals surface area contributed by atoms with Crippen LogP contribution in [0.1, 0.15) is 32.0 Å². The minimum absolute atomic E-state index is 0.483. The number of hydrogen-bond acceptors (Lipinski definition) is 4. The fraction of sp³-hybridized carbons (Fsp3) is 0.348. The molecular weight excluding hydrogens is 366 g/mol. The Morgan fingerprint density at radius 1 is 0.786 bits per heavy atom. The molecule has 0 spiro atoms. The van der Waals surface area contributed by atoms with E-state index in [0.717, 1.165) is 11.1 Å². The van der Waals surface area contributed by atoms with Crippen molar-refractivity contribution in [1.82, 2.24) is 15.0 Å². The van der Waals surface area contributed by atoms with E-state index in [1.165, 1.54) is 11.2 Å². The van der Waals surface area contributed by atoms with Gasteiger partial charge in [-0.1, -0.05) is 39.0 Å². The maximum absolute atomic E-state index is 11.6. The molecule has 1 atom stereocenters. The van der Waals surface area contributed by atoms with E-state index in [1.807, 2.05) is 39.1 Å². The monoisotopic (exact) mass is 395 g/mol. The molecule has 3 rings (SSSR count). The Labute approximate surface area is 169 Å². The van der Waals surface area contributed by atoms with E-state index in [9.17, 15) is 5.11 Å². The number of hydrogen-bond donors (Lipinski definition) is 1. The molecule has 5 heteroatoms. The van der Waals surface area contributed by atoms with Crippen molar-refractivity contribution in [3.63, 3.8) is 0 Å². The van der Waals surface area contributed by atoms with Gasteiger partial charge in [-0.25, -0.2) is 20.0 Å². The van der Waals surface area contributed by atoms with Crippen LogP contribution in [0.25, 0.3) is 11.1 Å². The van der Waals surface area contributed by atoms with Gasteiger partial charge in [-0.15, -0.1) is 0 Å². The van der Waals surface area contributed by atoms with Crippen LogP contribution in [0.15, 0.2) is 66.2 Å². The highest BCUT2D eigenvalue weighted by Gasteiger charge is 2.45. The normalized spacial score (nSPS) is 15.1. The predicted molar refractivity (Wildman–Crippen MR) is 118 cm³/mol. The van der Waals surface area contributed by atoms with E-state index in [2.05, 4.69) is 58.0 Å². The van der Waals surface area contributed by atoms with Crippen molar-refractivity contribution < 1.29 is 5.11 Å². The van der Waals surface area contributed by atoms with E-state index in [0.29, 0.717) is 11.3 Å². The van der Waals surface area contributed by atoms with Crippen LogP contribution in [0.4, 0.5) is 0 Å². The topological polar surface area (TPSA) is 58.9 Å². The average Bonchev–Trinajstić information content (AvgIpc) is 2.67. The summed E-state index contributed by atoms with van der Waals surface area (Å²) in [6, 6.07) is 12.6. The molecular formula is C23H29N3OS. The lowest BCUT2D eigenvalue weighted by Crippen LogP contribution is -2.42. The van der Waals surface area contributed by atoms with Gasteiger partial charge in [0.1, 0.15) is 11.9 Å². The van der Waals surface area contributed by atoms with Gasteiger partial charge in [-0.05, 0) is 47.4 Å². The van der Waals surface area contributed by atoms with E-state index in [1.54, 1.807) is 12.4 Å². The summed E-state index contributed by atoms with van der Waals surface area (Å²) in [6.45, 7) is 5.97. The summed E-state index contributed by atoms with van der Waals surface area (Å²) in [6.07, 6.45) is 13.5. The Morgan fingerprint density at radius 3 is 1.82 bits per heavy atom. The van der Waals surface area contributed by atoms with Crippen LogP contribution in [0.2, 0.25) is 0 Å². The van der Waals surface area contributed by atoms with Crippen molar-refractivity contribution in [3.8, 4) is 11.1 Å². The highest BCUT2D eigenvalue weighted by atomic mass is 32.3. The minimum Gasteiger partial charge on any atom is -0.378 e. The smallest absolute Gasteiger partial charge is 0.139 e. The maximum Gasteiger partial charge on any atom is 0.139 e. The molecule has 1 N–H and O–H groups in total. The van der Waals surface area contributed by atoms with Gasteiger partial charge in [0.25, 0.3) is 0 Å². The van der Waals surface area contributed by atoms with Crippen molar-refractivity contribution >= 4 is 10.0 Å². The molecule has 3 aromatic rings. The van der Waals surface area contributed by atoms with Crippen molar-refractivity contribution in [2.45, 2.75) is 31.3 Å². The van der Waals surface area contributed by atoms with Crippen molar-refractivity contribution in [2.75, 3.05) is 18.8 Å². The van der Waals surface area contributed by atoms with Crippen LogP contribution in [0.5, 0.6) is 0 Å². The molecule has 2 aromatic heterocycles. The molecule has 28 heavy (non-hydrogen) atoms. The largest absolute Gasteiger partial charge is 0.378 e. The molecule has 148 valence electrons. The Hall–Kier alpha value is -2.24. The third-order valence-electron chi connectivity index (χ3n) is 5.09. The SMILES string of the molecule is CC(C)(C)C(O)(c1cncnc1)c1ccc(-c2ccc(S(C)(C)C)cc2)cn1. The van der Waals surface area contributed by atoms with Crippen LogP contribution < -0.4 is 0 Å². The number of rotatable bonds is 4. The molecule has 0 aliphatic carbocycles. The van der Waals surface area contributed by atoms with Crippen LogP contribution in [-0.2, 0) is 5.60 Å². The second kappa shape index (κ2) is 7.30. The Kier molecular flexibility index (Phi) is 5.34. The molecule has 2 heterocycles. The molecule has 0 saturated heterocycles. The summed E-state index contributed by atoms with van der Waals surface area (Å²) in [5.41, 5.74) is 1.61. The Morgan fingerprint density at radius 2 is 1.36 bits per heavy atom. The van der Waals surface area contributed by atoms with Crippen LogP contribution >= 0.6 is 10.0 Å². The number of aliphatic hydroxyl groups is 1. The summed E-state index contributed by atoms with van der Waals surface area (Å²) >= 11 is 0. The second-order valence-electron chi connectivity index (χ2n) is 8.88. The molecule has 1 unspecified atom stereocenters. The molecule has 0 bridgehead atoms. The van der Waals surface area contributed by atoms with Gasteiger partial charge in [0, 0.05) is 35.1 Å². The molecule has 1 aromatic carbocycles. The fourth-order valence-electron chi connectivity index (χ4n) is 3.29. The quantitative estimate of drug-likeness (QED) is 0.684. The Balaban J connectivity index is 1.99. The molecule has 0 amide bonds. The first-order valence-corrected chi connectivity index (χ1v) is 12.1. The molecule has 0 saturated carbocycles. The highest BCUT2D eigenvalue weighted by Crippen LogP contribution is 2.46. The van der Waals surface area contributed by atoms with E-state index in [-0.39, 0.29) is 0 Å². The van der Waals surface area contributed by atoms with Crippen LogP contribution in [0, 0.1) is 5.41 Å². The summed E-state index contributed by atoms with van der Waals surface area (Å²) in [7, 11) is -0.735. The lowest BCUT2D eigenvalue weighted by atomic mass is 9.70. The van der Waals surface area contributed by atoms with E-state index >= 15 is 0 Å². The third-order valence-corrected chi connectivity index (χ3v) is 6.78. The third kappa shape index (κ3) is 3.82. The number of aromatic nitrogens is 3. The number of benzene rings is 1. The second-order valence-corrected chi connectivity index (χ2v) is 13.0. The molecule has 0 aliphatic rings. The minimum atomic E-state index is -1.29. The first-order valence-electron chi connectivity index (χ1n) is 9.27. The van der Waals surface area contributed by atoms with E-state index in [4.69, 9.17) is 0 Å². The zero-order valence-electron chi connectivity index (χ0n) is 17.5. The lowest BCUT2D eigenvalue weighted by molar-refractivity contribution is -0.0301. The first kappa shape index (κ1) is 20.5. The number of pyridine rings is 1. The van der Waals surface area contributed by atoms with Gasteiger partial charge < -0.3 is 5.11 Å². The van der Waals surface area contributed by atoms with Gasteiger partial charge in [0.15, 0.2) is 0 Å². The van der Waals surface area contributed by atoms with Crippen molar-refractivity contribution in [3.05, 3.63) is 72.6 Å². The fourth-order valence-corrected chi connectivity index (χ4v) is 4.24. The van der Waals surface area contributed by atoms with Crippen LogP contribution in [-0.4, -0.2) is 38.8 Å². The maximum atomic E-state index is 11.6. The Bertz CT molecular complexity index is 927. The van der Waals surface area contributed by atoms with Crippen LogP contribution in [0.3, 0.4) is 0 Å². The summed E-state index contributed by atoms with van der Waals surface area (Å²) in [5, 5.41) is 11.6. The standard InChI is InChI=1S/C23H29N3OS/c1-22(2,3)23(27,19-14-24-16-25-15-19)21-12-9-18(13-26-21)17-7-10-20(11-8-17)28(4,5)6/h7-16,27H,1-6H3. The van der Waals surface area contributed by atoms with Gasteiger partial charge in [0.2, 0.25) is 0 Å². The molecule has 0 aliphatic heterocycles. The lowest BCUT2D eigenvalue weighted by Gasteiger charge is -2.39. The van der Waals surface area contributed by atoms with Gasteiger partial charge in [-0.2, -0.15) is 0 Å². The number of nitrogens with zero attached hydrogens (tertiary/aromatic N) is 3. The van der Waals surface area contributed by atoms with Gasteiger partial charge in [0.05, 0.1) is 5.69 Å². The first-order chi connectivity index (χ1) is 13.0. The summed E-state index contributed by atoms with van der Waals surface area (Å²) < 4.78 is 0. The van der Waals surface area contributed by atoms with Crippen molar-refractivity contribution in [2.24, 2.45) is 5.41 Å². The zero-order chi connectivity index (χ0) is 20.6. The predicted octanol–water partition coefficient (Wildman–Crippen LogP) is 4.87.